The Hall–Kier alpha value is 0.659. The van der Waals surface area contributed by atoms with Crippen molar-refractivity contribution in [2.24, 2.45) is 0 Å². The van der Waals surface area contributed by atoms with Crippen LogP contribution in [0.2, 0.25) is 0 Å². The van der Waals surface area contributed by atoms with Gasteiger partial charge in [-0.15, -0.1) is 0 Å². The van der Waals surface area contributed by atoms with Crippen molar-refractivity contribution in [3.8, 4) is 0 Å². The van der Waals surface area contributed by atoms with E-state index >= 15 is 0 Å². The summed E-state index contributed by atoms with van der Waals surface area (Å²) in [6, 6.07) is -4.06. The molecule has 0 fully saturated rings. The van der Waals surface area contributed by atoms with Crippen LogP contribution >= 0.6 is 0 Å². The summed E-state index contributed by atoms with van der Waals surface area (Å²) in [5, 5.41) is 0. The van der Waals surface area contributed by atoms with E-state index in [1.807, 2.05) is 0 Å². The van der Waals surface area contributed by atoms with Gasteiger partial charge in [0.15, 0.2) is 0 Å². The van der Waals surface area contributed by atoms with E-state index in [2.05, 4.69) is 0 Å². The zero-order valence-corrected chi connectivity index (χ0v) is 8.00. The summed E-state index contributed by atoms with van der Waals surface area (Å²) in [4.78, 5) is 0. The standard InChI is InChI=1S/HO4S2.H2O.Sn/c1-5(2)6(3)4;;/h5H;1H2;/q;;+1/p-1. The molecular formula is H2O5S2Sn. The predicted molar refractivity (Wildman–Crippen MR) is 27.2 cm³/mol. The number of thiol groups is 1. The fourth-order valence-corrected chi connectivity index (χ4v) is 2.01. The molecule has 0 amide bonds. The van der Waals surface area contributed by atoms with Crippen molar-refractivity contribution in [2.45, 2.75) is 0 Å². The SMILES string of the molecule is O=[SH](=O)[S](=O)(=O)[Sn][OH]. The van der Waals surface area contributed by atoms with Crippen molar-refractivity contribution < 1.29 is 20.3 Å². The molecular weight excluding hydrogens is 263 g/mol. The van der Waals surface area contributed by atoms with Crippen molar-refractivity contribution >= 4 is 36.0 Å². The Morgan fingerprint density at radius 2 is 1.75 bits per heavy atom. The second-order valence-electron chi connectivity index (χ2n) is 0.790. The van der Waals surface area contributed by atoms with Gasteiger partial charge in [-0.25, -0.2) is 0 Å². The Labute approximate surface area is 56.2 Å². The van der Waals surface area contributed by atoms with Crippen molar-refractivity contribution in [3.63, 3.8) is 0 Å². The maximum absolute atomic E-state index is 9.93. The van der Waals surface area contributed by atoms with E-state index in [1.165, 1.54) is 0 Å². The molecule has 0 unspecified atom stereocenters. The Morgan fingerprint density at radius 1 is 1.38 bits per heavy atom. The molecule has 2 radical (unpaired) electrons. The molecule has 0 rings (SSSR count). The van der Waals surface area contributed by atoms with E-state index in [0.717, 1.165) is 0 Å². The first kappa shape index (κ1) is 8.66. The first-order chi connectivity index (χ1) is 3.50. The molecule has 0 aromatic rings. The van der Waals surface area contributed by atoms with Crippen LogP contribution in [0.25, 0.3) is 0 Å². The molecule has 0 heterocycles. The van der Waals surface area contributed by atoms with Gasteiger partial charge in [0.1, 0.15) is 0 Å². The molecule has 0 aliphatic rings. The zero-order chi connectivity index (χ0) is 6.78. The average Bonchev–Trinajstić information content (AvgIpc) is 1.67. The van der Waals surface area contributed by atoms with Crippen LogP contribution in [0.5, 0.6) is 0 Å². The zero-order valence-electron chi connectivity index (χ0n) is 3.44. The first-order valence-corrected chi connectivity index (χ1v) is 9.35. The van der Waals surface area contributed by atoms with E-state index < -0.39 is 36.0 Å². The minimum atomic E-state index is -4.06. The van der Waals surface area contributed by atoms with E-state index in [1.54, 1.807) is 0 Å². The molecule has 0 aliphatic heterocycles. The summed E-state index contributed by atoms with van der Waals surface area (Å²) < 4.78 is 47.0. The van der Waals surface area contributed by atoms with Gasteiger partial charge >= 0.3 is 56.2 Å². The average molecular weight is 265 g/mol. The van der Waals surface area contributed by atoms with Crippen LogP contribution in [0.3, 0.4) is 0 Å². The third kappa shape index (κ3) is 2.29. The van der Waals surface area contributed by atoms with Gasteiger partial charge in [-0.1, -0.05) is 0 Å². The molecule has 0 spiro atoms. The van der Waals surface area contributed by atoms with Crippen molar-refractivity contribution in [2.75, 3.05) is 0 Å². The van der Waals surface area contributed by atoms with Crippen LogP contribution in [-0.4, -0.2) is 40.5 Å². The van der Waals surface area contributed by atoms with E-state index in [9.17, 15) is 16.8 Å². The molecule has 0 bridgehead atoms. The normalized spacial score (nSPS) is 12.2. The summed E-state index contributed by atoms with van der Waals surface area (Å²) in [6.45, 7) is 0. The first-order valence-electron chi connectivity index (χ1n) is 1.31. The maximum atomic E-state index is 9.93. The summed E-state index contributed by atoms with van der Waals surface area (Å²) in [7, 11) is -3.45. The predicted octanol–water partition coefficient (Wildman–Crippen LogP) is -2.55. The fraction of sp³-hybridized carbons (Fsp3) is 0. The van der Waals surface area contributed by atoms with Gasteiger partial charge in [-0.05, 0) is 0 Å². The number of rotatable bonds is 2. The quantitative estimate of drug-likeness (QED) is 0.326. The second-order valence-corrected chi connectivity index (χ2v) is 13.8. The Kier molecular flexibility index (Phi) is 3.24. The van der Waals surface area contributed by atoms with Crippen LogP contribution < -0.4 is 0 Å². The van der Waals surface area contributed by atoms with Gasteiger partial charge in [0.25, 0.3) is 0 Å². The second kappa shape index (κ2) is 2.99. The summed E-state index contributed by atoms with van der Waals surface area (Å²) in [5.74, 6) is 0. The fourth-order valence-electron chi connectivity index (χ4n) is 0.0333. The van der Waals surface area contributed by atoms with Crippen LogP contribution in [0, 0.1) is 0 Å². The molecule has 0 aromatic carbocycles. The van der Waals surface area contributed by atoms with E-state index in [0.29, 0.717) is 0 Å². The topological polar surface area (TPSA) is 88.5 Å². The number of hydrogen-bond acceptors (Lipinski definition) is 5. The molecule has 0 saturated carbocycles. The van der Waals surface area contributed by atoms with Gasteiger partial charge in [-0.3, -0.25) is 0 Å². The summed E-state index contributed by atoms with van der Waals surface area (Å²) >= 11 is -2.67. The Balaban J connectivity index is 4.69. The third-order valence-corrected chi connectivity index (χ3v) is 9.56. The van der Waals surface area contributed by atoms with Crippen molar-refractivity contribution in [3.05, 3.63) is 0 Å². The van der Waals surface area contributed by atoms with Crippen molar-refractivity contribution in [1.29, 1.82) is 0 Å². The van der Waals surface area contributed by atoms with E-state index in [-0.39, 0.29) is 0 Å². The molecule has 48 valence electrons. The molecule has 8 heteroatoms. The third-order valence-electron chi connectivity index (χ3n) is 0.312. The van der Waals surface area contributed by atoms with Crippen LogP contribution in [0.1, 0.15) is 0 Å². The van der Waals surface area contributed by atoms with Gasteiger partial charge in [0.2, 0.25) is 0 Å². The van der Waals surface area contributed by atoms with Crippen LogP contribution in [0.15, 0.2) is 0 Å². The van der Waals surface area contributed by atoms with Gasteiger partial charge in [0, 0.05) is 0 Å². The Morgan fingerprint density at radius 3 is 1.75 bits per heavy atom. The van der Waals surface area contributed by atoms with Gasteiger partial charge in [0.05, 0.1) is 0 Å². The minimum absolute atomic E-state index is 2.67. The number of hydrogen-bond donors (Lipinski definition) is 2. The molecule has 1 N–H and O–H groups in total. The van der Waals surface area contributed by atoms with Crippen LogP contribution in [-0.2, 0) is 15.8 Å². The Bertz CT molecular complexity index is 211. The molecule has 5 nitrogen and oxygen atoms in total. The summed E-state index contributed by atoms with van der Waals surface area (Å²) in [6.07, 6.45) is 0. The van der Waals surface area contributed by atoms with Crippen LogP contribution in [0.4, 0.5) is 0 Å². The molecule has 0 atom stereocenters. The molecule has 0 saturated heterocycles. The monoisotopic (exact) mass is 266 g/mol. The molecule has 0 aliphatic carbocycles. The van der Waals surface area contributed by atoms with Crippen molar-refractivity contribution in [1.82, 2.24) is 0 Å². The summed E-state index contributed by atoms with van der Waals surface area (Å²) in [5.41, 5.74) is 0. The molecule has 0 aromatic heterocycles. The van der Waals surface area contributed by atoms with Gasteiger partial charge < -0.3 is 0 Å². The van der Waals surface area contributed by atoms with E-state index in [4.69, 9.17) is 3.44 Å². The van der Waals surface area contributed by atoms with Gasteiger partial charge in [-0.2, -0.15) is 0 Å². The molecule has 8 heavy (non-hydrogen) atoms.